The number of hydrogen-bond acceptors (Lipinski definition) is 6. The van der Waals surface area contributed by atoms with Crippen molar-refractivity contribution in [3.63, 3.8) is 0 Å². The first-order valence-corrected chi connectivity index (χ1v) is 9.05. The smallest absolute Gasteiger partial charge is 0.342 e. The van der Waals surface area contributed by atoms with Crippen molar-refractivity contribution in [1.29, 1.82) is 0 Å². The predicted molar refractivity (Wildman–Crippen MR) is 104 cm³/mol. The van der Waals surface area contributed by atoms with Gasteiger partial charge in [0, 0.05) is 17.0 Å². The Kier molecular flexibility index (Phi) is 5.44. The van der Waals surface area contributed by atoms with Crippen LogP contribution in [-0.2, 0) is 11.3 Å². The zero-order valence-corrected chi connectivity index (χ0v) is 15.9. The van der Waals surface area contributed by atoms with E-state index in [9.17, 15) is 4.79 Å². The van der Waals surface area contributed by atoms with E-state index >= 15 is 0 Å². The van der Waals surface area contributed by atoms with Gasteiger partial charge in [-0.3, -0.25) is 0 Å². The van der Waals surface area contributed by atoms with Crippen LogP contribution in [0.1, 0.15) is 21.6 Å². The van der Waals surface area contributed by atoms with Crippen LogP contribution in [0.5, 0.6) is 5.75 Å². The van der Waals surface area contributed by atoms with Crippen molar-refractivity contribution in [1.82, 2.24) is 4.98 Å². The van der Waals surface area contributed by atoms with Crippen molar-refractivity contribution in [2.45, 2.75) is 13.5 Å². The van der Waals surface area contributed by atoms with Crippen molar-refractivity contribution in [3.8, 4) is 16.3 Å². The molecule has 0 unspecified atom stereocenters. The summed E-state index contributed by atoms with van der Waals surface area (Å²) in [5, 5.41) is 3.02. The Balaban J connectivity index is 1.71. The molecule has 0 aliphatic carbocycles. The highest BCUT2D eigenvalue weighted by molar-refractivity contribution is 7.13. The number of nitrogens with two attached hydrogens (primary N) is 1. The molecule has 2 N–H and O–H groups in total. The molecule has 0 atom stereocenters. The summed E-state index contributed by atoms with van der Waals surface area (Å²) in [5.41, 5.74) is 9.19. The van der Waals surface area contributed by atoms with Crippen LogP contribution in [0.3, 0.4) is 0 Å². The lowest BCUT2D eigenvalue weighted by atomic mass is 10.2. The van der Waals surface area contributed by atoms with Gasteiger partial charge in [-0.1, -0.05) is 41.4 Å². The number of carbonyl (C=O) groups excluding carboxylic acids is 1. The molecule has 2 aromatic carbocycles. The summed E-state index contributed by atoms with van der Waals surface area (Å²) in [6, 6.07) is 11.0. The van der Waals surface area contributed by atoms with E-state index in [1.807, 2.05) is 36.6 Å². The van der Waals surface area contributed by atoms with Gasteiger partial charge < -0.3 is 15.2 Å². The van der Waals surface area contributed by atoms with Crippen molar-refractivity contribution >= 4 is 34.6 Å². The highest BCUT2D eigenvalue weighted by Gasteiger charge is 2.17. The maximum Gasteiger partial charge on any atom is 0.342 e. The standard InChI is InChI=1S/C19H17ClN2O3S/c1-11-3-5-12(6-4-11)18-22-13(10-26-18)9-25-19(23)14-7-15(20)16(21)8-17(14)24-2/h3-8,10H,9,21H2,1-2H3. The quantitative estimate of drug-likeness (QED) is 0.505. The Morgan fingerprint density at radius 1 is 1.27 bits per heavy atom. The van der Waals surface area contributed by atoms with Crippen molar-refractivity contribution < 1.29 is 14.3 Å². The second kappa shape index (κ2) is 7.76. The number of ether oxygens (including phenoxy) is 2. The molecule has 3 rings (SSSR count). The number of aromatic nitrogens is 1. The zero-order chi connectivity index (χ0) is 18.7. The van der Waals surface area contributed by atoms with Gasteiger partial charge in [-0.15, -0.1) is 11.3 Å². The van der Waals surface area contributed by atoms with Crippen LogP contribution in [0.4, 0.5) is 5.69 Å². The largest absolute Gasteiger partial charge is 0.496 e. The van der Waals surface area contributed by atoms with Crippen molar-refractivity contribution in [2.24, 2.45) is 0 Å². The molecule has 0 radical (unpaired) electrons. The van der Waals surface area contributed by atoms with Gasteiger partial charge >= 0.3 is 5.97 Å². The number of methoxy groups -OCH3 is 1. The zero-order valence-electron chi connectivity index (χ0n) is 14.3. The highest BCUT2D eigenvalue weighted by atomic mass is 35.5. The van der Waals surface area contributed by atoms with Gasteiger partial charge in [-0.25, -0.2) is 9.78 Å². The van der Waals surface area contributed by atoms with E-state index in [0.717, 1.165) is 10.6 Å². The van der Waals surface area contributed by atoms with Gasteiger partial charge in [0.15, 0.2) is 0 Å². The lowest BCUT2D eigenvalue weighted by Crippen LogP contribution is -2.08. The van der Waals surface area contributed by atoms with E-state index in [1.54, 1.807) is 0 Å². The van der Waals surface area contributed by atoms with Crippen molar-refractivity contribution in [2.75, 3.05) is 12.8 Å². The van der Waals surface area contributed by atoms with Gasteiger partial charge in [0.2, 0.25) is 0 Å². The molecule has 0 saturated carbocycles. The Labute approximate surface area is 160 Å². The molecule has 26 heavy (non-hydrogen) atoms. The summed E-state index contributed by atoms with van der Waals surface area (Å²) in [4.78, 5) is 16.9. The van der Waals surface area contributed by atoms with Gasteiger partial charge in [-0.05, 0) is 13.0 Å². The molecule has 3 aromatic rings. The first kappa shape index (κ1) is 18.2. The molecule has 0 aliphatic rings. The number of carbonyl (C=O) groups is 1. The van der Waals surface area contributed by atoms with Gasteiger partial charge in [-0.2, -0.15) is 0 Å². The topological polar surface area (TPSA) is 74.4 Å². The van der Waals surface area contributed by atoms with E-state index in [2.05, 4.69) is 4.98 Å². The second-order valence-electron chi connectivity index (χ2n) is 5.66. The first-order valence-electron chi connectivity index (χ1n) is 7.79. The molecule has 0 aliphatic heterocycles. The molecular weight excluding hydrogens is 372 g/mol. The predicted octanol–water partition coefficient (Wildman–Crippen LogP) is 4.72. The summed E-state index contributed by atoms with van der Waals surface area (Å²) >= 11 is 7.49. The number of rotatable bonds is 5. The van der Waals surface area contributed by atoms with Crippen LogP contribution in [0.25, 0.3) is 10.6 Å². The van der Waals surface area contributed by atoms with Crippen LogP contribution in [0.2, 0.25) is 5.02 Å². The molecule has 1 heterocycles. The molecule has 0 spiro atoms. The van der Waals surface area contributed by atoms with Gasteiger partial charge in [0.05, 0.1) is 23.5 Å². The number of nitrogen functional groups attached to an aromatic ring is 1. The fourth-order valence-corrected chi connectivity index (χ4v) is 3.29. The average Bonchev–Trinajstić information content (AvgIpc) is 3.11. The van der Waals surface area contributed by atoms with E-state index in [0.29, 0.717) is 17.1 Å². The molecule has 134 valence electrons. The van der Waals surface area contributed by atoms with Crippen LogP contribution in [0.15, 0.2) is 41.8 Å². The van der Waals surface area contributed by atoms with E-state index in [4.69, 9.17) is 26.8 Å². The Morgan fingerprint density at radius 2 is 2.00 bits per heavy atom. The lowest BCUT2D eigenvalue weighted by Gasteiger charge is -2.10. The fraction of sp³-hybridized carbons (Fsp3) is 0.158. The minimum Gasteiger partial charge on any atom is -0.496 e. The molecule has 1 aromatic heterocycles. The number of thiazole rings is 1. The molecule has 5 nitrogen and oxygen atoms in total. The molecule has 7 heteroatoms. The van der Waals surface area contributed by atoms with Crippen LogP contribution >= 0.6 is 22.9 Å². The van der Waals surface area contributed by atoms with Gasteiger partial charge in [0.25, 0.3) is 0 Å². The third kappa shape index (κ3) is 3.98. The monoisotopic (exact) mass is 388 g/mol. The SMILES string of the molecule is COc1cc(N)c(Cl)cc1C(=O)OCc1csc(-c2ccc(C)cc2)n1. The Morgan fingerprint density at radius 3 is 2.69 bits per heavy atom. The molecule has 0 bridgehead atoms. The first-order chi connectivity index (χ1) is 12.5. The molecule has 0 saturated heterocycles. The molecule has 0 fully saturated rings. The summed E-state index contributed by atoms with van der Waals surface area (Å²) in [7, 11) is 1.45. The number of nitrogens with zero attached hydrogens (tertiary/aromatic N) is 1. The van der Waals surface area contributed by atoms with Crippen molar-refractivity contribution in [3.05, 3.63) is 63.6 Å². The number of benzene rings is 2. The summed E-state index contributed by atoms with van der Waals surface area (Å²) in [6.07, 6.45) is 0. The van der Waals surface area contributed by atoms with Gasteiger partial charge in [0.1, 0.15) is 22.9 Å². The van der Waals surface area contributed by atoms with Crippen LogP contribution in [-0.4, -0.2) is 18.1 Å². The van der Waals surface area contributed by atoms with E-state index in [1.165, 1.54) is 36.1 Å². The summed E-state index contributed by atoms with van der Waals surface area (Å²) in [5.74, 6) is -0.232. The number of hydrogen-bond donors (Lipinski definition) is 1. The number of esters is 1. The summed E-state index contributed by atoms with van der Waals surface area (Å²) in [6.45, 7) is 2.10. The third-order valence-corrected chi connectivity index (χ3v) is 5.01. The lowest BCUT2D eigenvalue weighted by molar-refractivity contribution is 0.0465. The second-order valence-corrected chi connectivity index (χ2v) is 6.93. The normalized spacial score (nSPS) is 10.6. The average molecular weight is 389 g/mol. The Hall–Kier alpha value is -2.57. The minimum absolute atomic E-state index is 0.0618. The van der Waals surface area contributed by atoms with E-state index < -0.39 is 5.97 Å². The molecule has 0 amide bonds. The van der Waals surface area contributed by atoms with E-state index in [-0.39, 0.29) is 17.2 Å². The Bertz CT molecular complexity index is 938. The maximum atomic E-state index is 12.3. The fourth-order valence-electron chi connectivity index (χ4n) is 2.32. The van der Waals surface area contributed by atoms with Crippen LogP contribution < -0.4 is 10.5 Å². The maximum absolute atomic E-state index is 12.3. The highest BCUT2D eigenvalue weighted by Crippen LogP contribution is 2.30. The molecular formula is C19H17ClN2O3S. The summed E-state index contributed by atoms with van der Waals surface area (Å²) < 4.78 is 10.5. The van der Waals surface area contributed by atoms with Crippen LogP contribution in [0, 0.1) is 6.92 Å². The number of aryl methyl sites for hydroxylation is 1. The minimum atomic E-state index is -0.548. The number of anilines is 1. The third-order valence-electron chi connectivity index (χ3n) is 3.74. The number of halogens is 1.